The van der Waals surface area contributed by atoms with Crippen molar-refractivity contribution in [3.63, 3.8) is 0 Å². The van der Waals surface area contributed by atoms with Crippen molar-refractivity contribution < 1.29 is 14.3 Å². The monoisotopic (exact) mass is 517 g/mol. The van der Waals surface area contributed by atoms with Gasteiger partial charge in [-0.25, -0.2) is 4.79 Å². The molecule has 1 aromatic rings. The SMILES string of the molecule is CCNC(=S)N1CCN(CCCCCN2C(=S)N(c3ccc4c(c3)COC4=O)C(=O)C2(C)C)CC1. The highest BCUT2D eigenvalue weighted by molar-refractivity contribution is 7.80. The fourth-order valence-corrected chi connectivity index (χ4v) is 5.75. The van der Waals surface area contributed by atoms with Gasteiger partial charge in [0.25, 0.3) is 5.91 Å². The van der Waals surface area contributed by atoms with E-state index >= 15 is 0 Å². The number of benzene rings is 1. The second-order valence-electron chi connectivity index (χ2n) is 9.78. The maximum absolute atomic E-state index is 13.3. The fourth-order valence-electron chi connectivity index (χ4n) is 4.92. The van der Waals surface area contributed by atoms with Crippen LogP contribution in [0.4, 0.5) is 5.69 Å². The Hall–Kier alpha value is -2.30. The topological polar surface area (TPSA) is 68.4 Å². The highest BCUT2D eigenvalue weighted by Crippen LogP contribution is 2.34. The number of nitrogens with zero attached hydrogens (tertiary/aromatic N) is 4. The first-order valence-corrected chi connectivity index (χ1v) is 13.3. The number of hydrogen-bond acceptors (Lipinski definition) is 6. The Labute approximate surface area is 218 Å². The summed E-state index contributed by atoms with van der Waals surface area (Å²) >= 11 is 11.2. The van der Waals surface area contributed by atoms with Gasteiger partial charge < -0.3 is 19.9 Å². The van der Waals surface area contributed by atoms with Gasteiger partial charge >= 0.3 is 5.97 Å². The van der Waals surface area contributed by atoms with Gasteiger partial charge in [-0.3, -0.25) is 14.6 Å². The number of carbonyl (C=O) groups is 2. The number of esters is 1. The van der Waals surface area contributed by atoms with Gasteiger partial charge in [0.2, 0.25) is 0 Å². The van der Waals surface area contributed by atoms with Crippen LogP contribution in [0.25, 0.3) is 0 Å². The zero-order valence-electron chi connectivity index (χ0n) is 20.8. The molecule has 3 aliphatic rings. The number of unbranched alkanes of at least 4 members (excludes halogenated alkanes) is 2. The normalized spacial score (nSPS) is 19.9. The molecule has 3 heterocycles. The van der Waals surface area contributed by atoms with E-state index in [0.717, 1.165) is 75.8 Å². The average Bonchev–Trinajstić information content (AvgIpc) is 3.28. The van der Waals surface area contributed by atoms with Crippen LogP contribution < -0.4 is 10.2 Å². The van der Waals surface area contributed by atoms with E-state index in [1.807, 2.05) is 24.8 Å². The van der Waals surface area contributed by atoms with E-state index in [2.05, 4.69) is 22.0 Å². The summed E-state index contributed by atoms with van der Waals surface area (Å²) in [6.07, 6.45) is 3.18. The van der Waals surface area contributed by atoms with Crippen molar-refractivity contribution in [3.05, 3.63) is 29.3 Å². The van der Waals surface area contributed by atoms with Crippen molar-refractivity contribution in [2.24, 2.45) is 0 Å². The van der Waals surface area contributed by atoms with Crippen LogP contribution in [0.1, 0.15) is 56.0 Å². The minimum Gasteiger partial charge on any atom is -0.457 e. The molecular formula is C25H35N5O3S2. The van der Waals surface area contributed by atoms with E-state index in [9.17, 15) is 9.59 Å². The second-order valence-corrected chi connectivity index (χ2v) is 10.5. The molecule has 35 heavy (non-hydrogen) atoms. The molecule has 0 bridgehead atoms. The average molecular weight is 518 g/mol. The number of amides is 1. The summed E-state index contributed by atoms with van der Waals surface area (Å²) in [5.41, 5.74) is 1.34. The highest BCUT2D eigenvalue weighted by Gasteiger charge is 2.49. The molecule has 4 rings (SSSR count). The molecule has 1 N–H and O–H groups in total. The van der Waals surface area contributed by atoms with E-state index in [1.165, 1.54) is 0 Å². The summed E-state index contributed by atoms with van der Waals surface area (Å²) in [5, 5.41) is 4.62. The maximum Gasteiger partial charge on any atom is 0.338 e. The number of cyclic esters (lactones) is 1. The Morgan fingerprint density at radius 3 is 2.51 bits per heavy atom. The minimum absolute atomic E-state index is 0.0407. The Morgan fingerprint density at radius 2 is 1.80 bits per heavy atom. The van der Waals surface area contributed by atoms with Gasteiger partial charge in [0, 0.05) is 44.8 Å². The molecular weight excluding hydrogens is 482 g/mol. The molecule has 190 valence electrons. The standard InChI is InChI=1S/C25H35N5O3S2/c1-4-26-23(34)28-14-12-27(13-15-28)10-6-5-7-11-29-24(35)30(22(32)25(29,2)3)19-8-9-20-18(16-19)17-33-21(20)31/h8-9,16H,4-7,10-15,17H2,1-3H3,(H,26,34). The molecule has 1 amide bonds. The van der Waals surface area contributed by atoms with Crippen LogP contribution in [0, 0.1) is 0 Å². The molecule has 8 nitrogen and oxygen atoms in total. The Morgan fingerprint density at radius 1 is 1.09 bits per heavy atom. The molecule has 2 fully saturated rings. The van der Waals surface area contributed by atoms with Crippen molar-refractivity contribution >= 4 is 52.2 Å². The van der Waals surface area contributed by atoms with Gasteiger partial charge in [0.05, 0.1) is 11.3 Å². The highest BCUT2D eigenvalue weighted by atomic mass is 32.1. The Bertz CT molecular complexity index is 1010. The van der Waals surface area contributed by atoms with E-state index in [4.69, 9.17) is 29.2 Å². The second kappa shape index (κ2) is 10.8. The third-order valence-corrected chi connectivity index (χ3v) is 7.90. The largest absolute Gasteiger partial charge is 0.457 e. The summed E-state index contributed by atoms with van der Waals surface area (Å²) in [5.74, 6) is -0.358. The van der Waals surface area contributed by atoms with Crippen LogP contribution in [-0.4, -0.2) is 88.2 Å². The van der Waals surface area contributed by atoms with Crippen LogP contribution in [0.2, 0.25) is 0 Å². The van der Waals surface area contributed by atoms with E-state index in [-0.39, 0.29) is 18.5 Å². The van der Waals surface area contributed by atoms with Gasteiger partial charge in [-0.2, -0.15) is 0 Å². The number of nitrogens with one attached hydrogen (secondary N) is 1. The van der Waals surface area contributed by atoms with Gasteiger partial charge in [-0.15, -0.1) is 0 Å². The van der Waals surface area contributed by atoms with Gasteiger partial charge in [-0.05, 0) is 82.8 Å². The maximum atomic E-state index is 13.3. The number of hydrogen-bond donors (Lipinski definition) is 1. The molecule has 0 unspecified atom stereocenters. The smallest absolute Gasteiger partial charge is 0.338 e. The molecule has 2 saturated heterocycles. The Kier molecular flexibility index (Phi) is 7.92. The van der Waals surface area contributed by atoms with E-state index in [0.29, 0.717) is 16.4 Å². The summed E-state index contributed by atoms with van der Waals surface area (Å²) in [6.45, 7) is 12.9. The first-order valence-electron chi connectivity index (χ1n) is 12.5. The first-order chi connectivity index (χ1) is 16.7. The zero-order chi connectivity index (χ0) is 25.2. The molecule has 0 atom stereocenters. The number of carbonyl (C=O) groups excluding carboxylic acids is 2. The quantitative estimate of drug-likeness (QED) is 0.318. The predicted octanol–water partition coefficient (Wildman–Crippen LogP) is 2.75. The number of ether oxygens (including phenoxy) is 1. The van der Waals surface area contributed by atoms with E-state index < -0.39 is 5.54 Å². The number of anilines is 1. The molecule has 1 aromatic carbocycles. The van der Waals surface area contributed by atoms with Gasteiger partial charge in [0.15, 0.2) is 10.2 Å². The molecule has 3 aliphatic heterocycles. The summed E-state index contributed by atoms with van der Waals surface area (Å²) in [6, 6.07) is 5.34. The third kappa shape index (κ3) is 5.29. The first kappa shape index (κ1) is 25.8. The number of thiocarbonyl (C=S) groups is 2. The number of piperazine rings is 1. The van der Waals surface area contributed by atoms with Crippen LogP contribution >= 0.6 is 24.4 Å². The number of fused-ring (bicyclic) bond motifs is 1. The van der Waals surface area contributed by atoms with Crippen LogP contribution in [0.5, 0.6) is 0 Å². The lowest BCUT2D eigenvalue weighted by Gasteiger charge is -2.36. The minimum atomic E-state index is -0.705. The molecule has 0 radical (unpaired) electrons. The molecule has 10 heteroatoms. The van der Waals surface area contributed by atoms with Crippen molar-refractivity contribution in [2.75, 3.05) is 50.7 Å². The van der Waals surface area contributed by atoms with Crippen LogP contribution in [-0.2, 0) is 16.1 Å². The molecule has 0 saturated carbocycles. The van der Waals surface area contributed by atoms with Crippen LogP contribution in [0.3, 0.4) is 0 Å². The summed E-state index contributed by atoms with van der Waals surface area (Å²) in [4.78, 5) is 33.5. The van der Waals surface area contributed by atoms with Crippen molar-refractivity contribution in [1.82, 2.24) is 20.0 Å². The Balaban J connectivity index is 1.25. The third-order valence-electron chi connectivity index (χ3n) is 7.09. The zero-order valence-corrected chi connectivity index (χ0v) is 22.5. The molecule has 0 aromatic heterocycles. The van der Waals surface area contributed by atoms with Crippen molar-refractivity contribution in [2.45, 2.75) is 52.2 Å². The van der Waals surface area contributed by atoms with E-state index in [1.54, 1.807) is 17.0 Å². The predicted molar refractivity (Wildman–Crippen MR) is 145 cm³/mol. The van der Waals surface area contributed by atoms with Gasteiger partial charge in [0.1, 0.15) is 12.1 Å². The lowest BCUT2D eigenvalue weighted by atomic mass is 10.0. The molecule has 0 aliphatic carbocycles. The lowest BCUT2D eigenvalue weighted by Crippen LogP contribution is -2.51. The van der Waals surface area contributed by atoms with Crippen molar-refractivity contribution in [1.29, 1.82) is 0 Å². The fraction of sp³-hybridized carbons (Fsp3) is 0.600. The van der Waals surface area contributed by atoms with Crippen LogP contribution in [0.15, 0.2) is 18.2 Å². The summed E-state index contributed by atoms with van der Waals surface area (Å²) in [7, 11) is 0. The summed E-state index contributed by atoms with van der Waals surface area (Å²) < 4.78 is 5.10. The lowest BCUT2D eigenvalue weighted by molar-refractivity contribution is -0.123. The number of rotatable bonds is 8. The van der Waals surface area contributed by atoms with Gasteiger partial charge in [-0.1, -0.05) is 6.42 Å². The molecule has 0 spiro atoms. The van der Waals surface area contributed by atoms with Crippen molar-refractivity contribution in [3.8, 4) is 0 Å².